The number of nitrogens with one attached hydrogen (secondary N) is 1. The predicted octanol–water partition coefficient (Wildman–Crippen LogP) is 7.84. The number of hydrogen-bond donors (Lipinski definition) is 1. The van der Waals surface area contributed by atoms with Crippen molar-refractivity contribution in [3.8, 4) is 22.4 Å². The van der Waals surface area contributed by atoms with Crippen LogP contribution in [-0.4, -0.2) is 10.9 Å². The van der Waals surface area contributed by atoms with Crippen LogP contribution in [0, 0.1) is 0 Å². The molecule has 0 bridgehead atoms. The average molecular weight is 449 g/mol. The van der Waals surface area contributed by atoms with E-state index in [0.717, 1.165) is 34.9 Å². The van der Waals surface area contributed by atoms with E-state index in [1.54, 1.807) is 11.3 Å². The molecule has 0 spiro atoms. The summed E-state index contributed by atoms with van der Waals surface area (Å²) in [4.78, 5) is 19.1. The summed E-state index contributed by atoms with van der Waals surface area (Å²) in [5.41, 5.74) is 5.05. The van der Waals surface area contributed by atoms with E-state index < -0.39 is 0 Å². The van der Waals surface area contributed by atoms with E-state index in [9.17, 15) is 4.79 Å². The Morgan fingerprint density at radius 1 is 0.788 bits per heavy atom. The molecule has 0 saturated heterocycles. The number of carbonyl (C=O) groups excluding carboxylic acids is 1. The Morgan fingerprint density at radius 3 is 2.24 bits per heavy atom. The van der Waals surface area contributed by atoms with Gasteiger partial charge in [-0.25, -0.2) is 4.98 Å². The minimum atomic E-state index is -0.130. The SMILES string of the molecule is CCCc1sc(NC(=O)c2cccc3ccccc23)nc1-c1ccc(-c2ccccc2)cc1. The van der Waals surface area contributed by atoms with E-state index in [1.165, 1.54) is 16.0 Å². The van der Waals surface area contributed by atoms with Crippen LogP contribution in [0.3, 0.4) is 0 Å². The van der Waals surface area contributed by atoms with Crippen LogP contribution in [-0.2, 0) is 6.42 Å². The lowest BCUT2D eigenvalue weighted by atomic mass is 10.0. The molecule has 0 saturated carbocycles. The largest absolute Gasteiger partial charge is 0.298 e. The standard InChI is InChI=1S/C29H24N2OS/c1-2-9-26-27(23-18-16-21(17-19-23)20-10-4-3-5-11-20)30-29(33-26)31-28(32)25-15-8-13-22-12-6-7-14-24(22)25/h3-8,10-19H,2,9H2,1H3,(H,30,31,32). The van der Waals surface area contributed by atoms with E-state index >= 15 is 0 Å². The molecule has 5 aromatic rings. The third-order valence-corrected chi connectivity index (χ3v) is 6.73. The molecule has 5 rings (SSSR count). The molecule has 0 aliphatic carbocycles. The Kier molecular flexibility index (Phi) is 6.01. The highest BCUT2D eigenvalue weighted by atomic mass is 32.1. The number of hydrogen-bond acceptors (Lipinski definition) is 3. The minimum Gasteiger partial charge on any atom is -0.298 e. The average Bonchev–Trinajstić information content (AvgIpc) is 3.26. The van der Waals surface area contributed by atoms with Crippen molar-refractivity contribution in [3.63, 3.8) is 0 Å². The summed E-state index contributed by atoms with van der Waals surface area (Å²) in [7, 11) is 0. The summed E-state index contributed by atoms with van der Waals surface area (Å²) in [6.07, 6.45) is 1.95. The van der Waals surface area contributed by atoms with Gasteiger partial charge in [-0.05, 0) is 34.4 Å². The number of thiazole rings is 1. The predicted molar refractivity (Wildman–Crippen MR) is 139 cm³/mol. The number of amides is 1. The molecule has 0 fully saturated rings. The van der Waals surface area contributed by atoms with E-state index in [-0.39, 0.29) is 5.91 Å². The van der Waals surface area contributed by atoms with Crippen molar-refractivity contribution in [2.75, 3.05) is 5.32 Å². The number of benzene rings is 4. The van der Waals surface area contributed by atoms with Crippen LogP contribution in [0.5, 0.6) is 0 Å². The fourth-order valence-corrected chi connectivity index (χ4v) is 5.15. The Labute approximate surface area is 197 Å². The molecule has 0 aliphatic rings. The first-order chi connectivity index (χ1) is 16.2. The van der Waals surface area contributed by atoms with Gasteiger partial charge in [-0.2, -0.15) is 0 Å². The van der Waals surface area contributed by atoms with E-state index in [2.05, 4.69) is 48.6 Å². The lowest BCUT2D eigenvalue weighted by Crippen LogP contribution is -2.12. The highest BCUT2D eigenvalue weighted by molar-refractivity contribution is 7.16. The normalized spacial score (nSPS) is 10.9. The monoisotopic (exact) mass is 448 g/mol. The minimum absolute atomic E-state index is 0.130. The third kappa shape index (κ3) is 4.43. The second-order valence-corrected chi connectivity index (χ2v) is 9.05. The molecule has 33 heavy (non-hydrogen) atoms. The number of anilines is 1. The van der Waals surface area contributed by atoms with Crippen LogP contribution >= 0.6 is 11.3 Å². The molecule has 0 radical (unpaired) electrons. The van der Waals surface area contributed by atoms with Gasteiger partial charge in [0.2, 0.25) is 0 Å². The van der Waals surface area contributed by atoms with Crippen LogP contribution < -0.4 is 5.32 Å². The van der Waals surface area contributed by atoms with Crippen molar-refractivity contribution < 1.29 is 4.79 Å². The zero-order chi connectivity index (χ0) is 22.6. The highest BCUT2D eigenvalue weighted by Gasteiger charge is 2.16. The van der Waals surface area contributed by atoms with Gasteiger partial charge in [0.25, 0.3) is 5.91 Å². The van der Waals surface area contributed by atoms with Crippen LogP contribution in [0.15, 0.2) is 97.1 Å². The molecule has 1 amide bonds. The number of rotatable bonds is 6. The van der Waals surface area contributed by atoms with Crippen molar-refractivity contribution in [1.29, 1.82) is 0 Å². The molecule has 1 heterocycles. The van der Waals surface area contributed by atoms with E-state index in [0.29, 0.717) is 10.7 Å². The summed E-state index contributed by atoms with van der Waals surface area (Å²) in [6, 6.07) is 32.6. The van der Waals surface area contributed by atoms with Crippen molar-refractivity contribution in [3.05, 3.63) is 108 Å². The maximum Gasteiger partial charge on any atom is 0.258 e. The van der Waals surface area contributed by atoms with Gasteiger partial charge in [0.1, 0.15) is 0 Å². The Balaban J connectivity index is 1.44. The van der Waals surface area contributed by atoms with Gasteiger partial charge in [-0.1, -0.05) is 104 Å². The summed E-state index contributed by atoms with van der Waals surface area (Å²) in [5.74, 6) is -0.130. The molecule has 0 unspecified atom stereocenters. The number of aryl methyl sites for hydroxylation is 1. The molecular formula is C29H24N2OS. The fourth-order valence-electron chi connectivity index (χ4n) is 4.07. The van der Waals surface area contributed by atoms with Crippen molar-refractivity contribution in [2.45, 2.75) is 19.8 Å². The molecule has 0 atom stereocenters. The zero-order valence-corrected chi connectivity index (χ0v) is 19.2. The molecule has 0 aliphatic heterocycles. The highest BCUT2D eigenvalue weighted by Crippen LogP contribution is 2.34. The van der Waals surface area contributed by atoms with Crippen molar-refractivity contribution in [2.24, 2.45) is 0 Å². The lowest BCUT2D eigenvalue weighted by Gasteiger charge is -2.06. The molecule has 1 N–H and O–H groups in total. The lowest BCUT2D eigenvalue weighted by molar-refractivity contribution is 0.102. The Bertz CT molecular complexity index is 1400. The number of aromatic nitrogens is 1. The van der Waals surface area contributed by atoms with Crippen LogP contribution in [0.4, 0.5) is 5.13 Å². The van der Waals surface area contributed by atoms with Gasteiger partial charge in [-0.3, -0.25) is 10.1 Å². The van der Waals surface area contributed by atoms with Gasteiger partial charge in [0.15, 0.2) is 5.13 Å². The van der Waals surface area contributed by atoms with Crippen molar-refractivity contribution >= 4 is 33.1 Å². The van der Waals surface area contributed by atoms with Crippen LogP contribution in [0.25, 0.3) is 33.2 Å². The first-order valence-corrected chi connectivity index (χ1v) is 12.0. The van der Waals surface area contributed by atoms with Crippen LogP contribution in [0.1, 0.15) is 28.6 Å². The molecular weight excluding hydrogens is 424 g/mol. The van der Waals surface area contributed by atoms with Gasteiger partial charge >= 0.3 is 0 Å². The maximum atomic E-state index is 13.1. The van der Waals surface area contributed by atoms with Gasteiger partial charge < -0.3 is 0 Å². The number of fused-ring (bicyclic) bond motifs is 1. The second kappa shape index (κ2) is 9.39. The quantitative estimate of drug-likeness (QED) is 0.287. The van der Waals surface area contributed by atoms with Gasteiger partial charge in [0, 0.05) is 16.0 Å². The topological polar surface area (TPSA) is 42.0 Å². The van der Waals surface area contributed by atoms with E-state index in [1.807, 2.05) is 60.7 Å². The zero-order valence-electron chi connectivity index (χ0n) is 18.4. The number of nitrogens with zero attached hydrogens (tertiary/aromatic N) is 1. The molecule has 4 heteroatoms. The molecule has 1 aromatic heterocycles. The van der Waals surface area contributed by atoms with Crippen LogP contribution in [0.2, 0.25) is 0 Å². The second-order valence-electron chi connectivity index (χ2n) is 7.97. The molecule has 162 valence electrons. The summed E-state index contributed by atoms with van der Waals surface area (Å²) in [5, 5.41) is 5.68. The Morgan fingerprint density at radius 2 is 1.45 bits per heavy atom. The van der Waals surface area contributed by atoms with Gasteiger partial charge in [0.05, 0.1) is 5.69 Å². The first-order valence-electron chi connectivity index (χ1n) is 11.2. The summed E-state index contributed by atoms with van der Waals surface area (Å²) >= 11 is 1.56. The summed E-state index contributed by atoms with van der Waals surface area (Å²) in [6.45, 7) is 2.16. The number of carbonyl (C=O) groups is 1. The van der Waals surface area contributed by atoms with Crippen molar-refractivity contribution in [1.82, 2.24) is 4.98 Å². The Hall–Kier alpha value is -3.76. The van der Waals surface area contributed by atoms with E-state index in [4.69, 9.17) is 4.98 Å². The smallest absolute Gasteiger partial charge is 0.258 e. The molecule has 4 aromatic carbocycles. The maximum absolute atomic E-state index is 13.1. The third-order valence-electron chi connectivity index (χ3n) is 5.69. The fraction of sp³-hybridized carbons (Fsp3) is 0.103. The van der Waals surface area contributed by atoms with Gasteiger partial charge in [-0.15, -0.1) is 11.3 Å². The molecule has 3 nitrogen and oxygen atoms in total. The summed E-state index contributed by atoms with van der Waals surface area (Å²) < 4.78 is 0. The first kappa shape index (κ1) is 21.1.